The van der Waals surface area contributed by atoms with E-state index in [-0.39, 0.29) is 80.2 Å². The van der Waals surface area contributed by atoms with Crippen molar-refractivity contribution in [2.75, 3.05) is 91.6 Å². The summed E-state index contributed by atoms with van der Waals surface area (Å²) < 4.78 is 27.3. The van der Waals surface area contributed by atoms with E-state index in [2.05, 4.69) is 31.3 Å². The average molecular weight is 1060 g/mol. The third-order valence-corrected chi connectivity index (χ3v) is 12.9. The van der Waals surface area contributed by atoms with Crippen molar-refractivity contribution >= 4 is 68.8 Å². The highest BCUT2D eigenvalue weighted by molar-refractivity contribution is 6.09. The lowest BCUT2D eigenvalue weighted by molar-refractivity contribution is -0.124. The van der Waals surface area contributed by atoms with Crippen LogP contribution in [0.2, 0.25) is 0 Å². The molecule has 78 heavy (non-hydrogen) atoms. The van der Waals surface area contributed by atoms with Crippen molar-refractivity contribution in [3.63, 3.8) is 0 Å². The molecule has 406 valence electrons. The van der Waals surface area contributed by atoms with Gasteiger partial charge in [0.2, 0.25) is 28.7 Å². The van der Waals surface area contributed by atoms with Gasteiger partial charge in [-0.2, -0.15) is 4.68 Å². The number of aromatic carboxylic acids is 1. The number of nitrogens with one attached hydrogen (secondary N) is 4. The number of carbonyl (C=O) groups is 5. The van der Waals surface area contributed by atoms with Crippen LogP contribution < -0.4 is 46.5 Å². The number of anilines is 2. The second-order valence-electron chi connectivity index (χ2n) is 18.7. The van der Waals surface area contributed by atoms with Crippen LogP contribution in [-0.4, -0.2) is 135 Å². The van der Waals surface area contributed by atoms with Crippen LogP contribution in [0.15, 0.2) is 112 Å². The highest BCUT2D eigenvalue weighted by Crippen LogP contribution is 2.42. The maximum absolute atomic E-state index is 13.6. The van der Waals surface area contributed by atoms with Crippen molar-refractivity contribution in [3.8, 4) is 33.9 Å². The average Bonchev–Trinajstić information content (AvgIpc) is 3.91. The molecule has 0 fully saturated rings. The van der Waals surface area contributed by atoms with Gasteiger partial charge in [-0.05, 0) is 85.1 Å². The molecule has 21 nitrogen and oxygen atoms in total. The van der Waals surface area contributed by atoms with E-state index in [1.165, 1.54) is 15.1 Å². The van der Waals surface area contributed by atoms with Gasteiger partial charge in [0.15, 0.2) is 5.82 Å². The molecule has 21 heteroatoms. The zero-order valence-electron chi connectivity index (χ0n) is 44.2. The van der Waals surface area contributed by atoms with Crippen LogP contribution in [0.4, 0.5) is 11.5 Å². The molecule has 2 aliphatic rings. The number of fused-ring (bicyclic) bond motifs is 5. The molecule has 0 saturated heterocycles. The van der Waals surface area contributed by atoms with Gasteiger partial charge in [0.05, 0.1) is 61.9 Å². The summed E-state index contributed by atoms with van der Waals surface area (Å²) in [6.07, 6.45) is 2.02. The number of hydrogen-bond donors (Lipinski definition) is 5. The smallest absolute Gasteiger partial charge is 0.355 e. The SMILES string of the molecule is COc1ccc(-n2nc3c(NC(=O)CCC(=O)NCCOCCOCCNC(=O)CCCCCNC(=O)c4ccc(-c5c6ccc(=[N+](C)C)cc-6oc6cc(N(C)C)ccc56)c(C(=O)O)c4)nc4ccccc4n3c2=O)cc1. The summed E-state index contributed by atoms with van der Waals surface area (Å²) in [5, 5.41) is 27.8. The van der Waals surface area contributed by atoms with E-state index in [1.54, 1.807) is 67.8 Å². The summed E-state index contributed by atoms with van der Waals surface area (Å²) in [6, 6.07) is 30.2. The minimum atomic E-state index is -1.16. The molecule has 5 N–H and O–H groups in total. The van der Waals surface area contributed by atoms with Crippen molar-refractivity contribution in [2.45, 2.75) is 38.5 Å². The summed E-state index contributed by atoms with van der Waals surface area (Å²) in [7, 11) is 9.29. The first-order chi connectivity index (χ1) is 37.7. The Labute approximate surface area is 448 Å². The van der Waals surface area contributed by atoms with E-state index in [0.717, 1.165) is 22.0 Å². The van der Waals surface area contributed by atoms with Gasteiger partial charge in [-0.15, -0.1) is 5.10 Å². The highest BCUT2D eigenvalue weighted by Gasteiger charge is 2.24. The number of benzene rings is 5. The zero-order chi connectivity index (χ0) is 55.3. The Morgan fingerprint density at radius 2 is 1.44 bits per heavy atom. The molecule has 8 rings (SSSR count). The number of amides is 4. The number of ether oxygens (including phenoxy) is 3. The van der Waals surface area contributed by atoms with Gasteiger partial charge >= 0.3 is 11.7 Å². The number of nitrogens with zero attached hydrogens (tertiary/aromatic N) is 6. The molecule has 0 saturated carbocycles. The molecule has 4 amide bonds. The minimum Gasteiger partial charge on any atom is -0.497 e. The molecule has 1 aliphatic carbocycles. The van der Waals surface area contributed by atoms with E-state index in [9.17, 15) is 33.9 Å². The van der Waals surface area contributed by atoms with Crippen molar-refractivity contribution in [3.05, 3.63) is 130 Å². The van der Waals surface area contributed by atoms with Crippen LogP contribution in [0.25, 0.3) is 55.8 Å². The number of unbranched alkanes of at least 4 members (excludes halogenated alkanes) is 2. The Balaban J connectivity index is 0.687. The molecule has 4 aromatic carbocycles. The van der Waals surface area contributed by atoms with Gasteiger partial charge in [-0.25, -0.2) is 23.5 Å². The van der Waals surface area contributed by atoms with Crippen LogP contribution in [0.3, 0.4) is 0 Å². The Bertz CT molecular complexity index is 3600. The van der Waals surface area contributed by atoms with E-state index in [0.29, 0.717) is 83.7 Å². The summed E-state index contributed by atoms with van der Waals surface area (Å²) in [5.74, 6) is -1.20. The molecule has 0 radical (unpaired) electrons. The molecule has 2 aromatic heterocycles. The molecule has 6 aromatic rings. The summed E-state index contributed by atoms with van der Waals surface area (Å²) in [5.41, 5.74) is 4.82. The van der Waals surface area contributed by atoms with Gasteiger partial charge in [-0.1, -0.05) is 24.6 Å². The number of para-hydroxylation sites is 2. The van der Waals surface area contributed by atoms with E-state index < -0.39 is 23.5 Å². The van der Waals surface area contributed by atoms with Crippen molar-refractivity contribution in [1.29, 1.82) is 0 Å². The molecule has 0 unspecified atom stereocenters. The topological polar surface area (TPSA) is 253 Å². The third-order valence-electron chi connectivity index (χ3n) is 12.9. The first-order valence-electron chi connectivity index (χ1n) is 25.6. The number of methoxy groups -OCH3 is 1. The second-order valence-corrected chi connectivity index (χ2v) is 18.7. The lowest BCUT2D eigenvalue weighted by Gasteiger charge is -2.19. The van der Waals surface area contributed by atoms with E-state index in [4.69, 9.17) is 18.6 Å². The lowest BCUT2D eigenvalue weighted by atomic mass is 9.89. The maximum atomic E-state index is 13.6. The Kier molecular flexibility index (Phi) is 18.2. The normalized spacial score (nSPS) is 11.2. The predicted octanol–water partition coefficient (Wildman–Crippen LogP) is 5.33. The van der Waals surface area contributed by atoms with Gasteiger partial charge < -0.3 is 49.9 Å². The fourth-order valence-electron chi connectivity index (χ4n) is 8.76. The Hall–Kier alpha value is -8.95. The molecule has 0 spiro atoms. The van der Waals surface area contributed by atoms with Crippen molar-refractivity contribution in [2.24, 2.45) is 0 Å². The van der Waals surface area contributed by atoms with Crippen molar-refractivity contribution in [1.82, 2.24) is 39.7 Å². The standard InChI is InChI=1S/C57H62N10O11/c1-64(2)38-17-22-42-47(34-38)78-48-35-39(65(3)4)18-23-43(48)52(42)41-21-14-36(33-44(41)56(72)73)55(71)60-26-10-6-7-13-49(68)58-27-29-76-31-32-77-30-28-59-50(69)24-25-51(70)62-53-54-63-67(37-15-19-40(75-5)20-16-37)57(74)66(54)46-12-9-8-11-45(46)61-53/h8-9,11-12,14-23,33-35H,6-7,10,13,24-32H2,1-5H3,(H4-,58,59,60,61,62,68,69,70,71,72,73)/p+1. The summed E-state index contributed by atoms with van der Waals surface area (Å²) >= 11 is 0. The first kappa shape index (κ1) is 55.3. The van der Waals surface area contributed by atoms with Gasteiger partial charge in [0.1, 0.15) is 31.2 Å². The molecular formula is C57H63N10O11+. The number of rotatable bonds is 25. The summed E-state index contributed by atoms with van der Waals surface area (Å²) in [4.78, 5) is 84.1. The monoisotopic (exact) mass is 1060 g/mol. The van der Waals surface area contributed by atoms with E-state index >= 15 is 0 Å². The fraction of sp³-hybridized carbons (Fsp3) is 0.316. The van der Waals surface area contributed by atoms with Crippen molar-refractivity contribution < 1.29 is 47.7 Å². The summed E-state index contributed by atoms with van der Waals surface area (Å²) in [6.45, 7) is 1.97. The van der Waals surface area contributed by atoms with Crippen LogP contribution >= 0.6 is 0 Å². The molecular weight excluding hydrogens is 1000 g/mol. The fourth-order valence-corrected chi connectivity index (χ4v) is 8.76. The van der Waals surface area contributed by atoms with Gasteiger partial charge in [0, 0.05) is 92.9 Å². The predicted molar refractivity (Wildman–Crippen MR) is 296 cm³/mol. The van der Waals surface area contributed by atoms with E-state index in [1.807, 2.05) is 74.1 Å². The minimum absolute atomic E-state index is 0.00961. The van der Waals surface area contributed by atoms with Crippen LogP contribution in [0.1, 0.15) is 59.2 Å². The van der Waals surface area contributed by atoms with Gasteiger partial charge in [-0.3, -0.25) is 19.2 Å². The number of hydrogen-bond acceptors (Lipinski definition) is 13. The van der Waals surface area contributed by atoms with Gasteiger partial charge in [0.25, 0.3) is 5.91 Å². The highest BCUT2D eigenvalue weighted by atomic mass is 16.5. The molecule has 0 bridgehead atoms. The Morgan fingerprint density at radius 3 is 2.14 bits per heavy atom. The van der Waals surface area contributed by atoms with Crippen LogP contribution in [0.5, 0.6) is 5.75 Å². The first-order valence-corrected chi connectivity index (χ1v) is 25.6. The molecule has 0 atom stereocenters. The van der Waals surface area contributed by atoms with Crippen LogP contribution in [-0.2, 0) is 23.9 Å². The number of carbonyl (C=O) groups excluding carboxylic acids is 4. The Morgan fingerprint density at radius 1 is 0.731 bits per heavy atom. The zero-order valence-corrected chi connectivity index (χ0v) is 44.2. The maximum Gasteiger partial charge on any atom is 0.355 e. The van der Waals surface area contributed by atoms with Crippen LogP contribution in [0, 0.1) is 0 Å². The number of carboxylic acid groups (broad SMARTS) is 1. The number of carboxylic acids is 1. The molecule has 1 aliphatic heterocycles. The second kappa shape index (κ2) is 25.7. The quantitative estimate of drug-likeness (QED) is 0.0276. The third kappa shape index (κ3) is 13.3. The lowest BCUT2D eigenvalue weighted by Crippen LogP contribution is -2.29. The number of aromatic nitrogens is 4. The largest absolute Gasteiger partial charge is 0.497 e. The molecule has 3 heterocycles.